The maximum atomic E-state index is 5.52. The lowest BCUT2D eigenvalue weighted by Gasteiger charge is -2.06. The van der Waals surface area contributed by atoms with Crippen LogP contribution >= 0.6 is 0 Å². The van der Waals surface area contributed by atoms with Crippen LogP contribution in [0, 0.1) is 0 Å². The molecule has 0 N–H and O–H groups in total. The Morgan fingerprint density at radius 1 is 0.667 bits per heavy atom. The Bertz CT molecular complexity index is 129. The number of ether oxygens (including phenoxy) is 2. The summed E-state index contributed by atoms with van der Waals surface area (Å²) in [5, 5.41) is 0. The lowest BCUT2D eigenvalue weighted by atomic mass is 10.2. The predicted octanol–water partition coefficient (Wildman–Crippen LogP) is 3.45. The number of hydrogen-bond donors (Lipinski definition) is 0. The molecular formula is C14H30O3Si. The largest absolute Gasteiger partial charge is 0.415 e. The Morgan fingerprint density at radius 3 is 2.06 bits per heavy atom. The Morgan fingerprint density at radius 2 is 1.33 bits per heavy atom. The van der Waals surface area contributed by atoms with Crippen molar-refractivity contribution in [1.29, 1.82) is 0 Å². The van der Waals surface area contributed by atoms with Gasteiger partial charge in [0.2, 0.25) is 9.76 Å². The predicted molar refractivity (Wildman–Crippen MR) is 77.2 cm³/mol. The van der Waals surface area contributed by atoms with Gasteiger partial charge in [0.25, 0.3) is 0 Å². The zero-order valence-corrected chi connectivity index (χ0v) is 13.2. The van der Waals surface area contributed by atoms with Crippen molar-refractivity contribution in [2.45, 2.75) is 58.4 Å². The van der Waals surface area contributed by atoms with Crippen molar-refractivity contribution in [3.05, 3.63) is 0 Å². The first-order chi connectivity index (χ1) is 8.91. The second kappa shape index (κ2) is 17.1. The van der Waals surface area contributed by atoms with Crippen molar-refractivity contribution in [3.8, 4) is 0 Å². The monoisotopic (exact) mass is 274 g/mol. The minimum Gasteiger partial charge on any atom is -0.415 e. The molecule has 0 aromatic heterocycles. The molecule has 0 atom stereocenters. The van der Waals surface area contributed by atoms with Crippen LogP contribution in [0.2, 0.25) is 6.04 Å². The van der Waals surface area contributed by atoms with Gasteiger partial charge in [0, 0.05) is 6.61 Å². The van der Waals surface area contributed by atoms with E-state index in [1.807, 2.05) is 0 Å². The highest BCUT2D eigenvalue weighted by molar-refractivity contribution is 6.26. The van der Waals surface area contributed by atoms with Gasteiger partial charge in [-0.3, -0.25) is 0 Å². The van der Waals surface area contributed by atoms with E-state index in [9.17, 15) is 0 Å². The third-order valence-corrected chi connectivity index (χ3v) is 3.54. The van der Waals surface area contributed by atoms with Gasteiger partial charge < -0.3 is 13.9 Å². The number of unbranched alkanes of at least 4 members (excludes halogenated alkanes) is 4. The van der Waals surface area contributed by atoms with Gasteiger partial charge in [-0.15, -0.1) is 0 Å². The van der Waals surface area contributed by atoms with Gasteiger partial charge in [-0.05, 0) is 12.5 Å². The van der Waals surface area contributed by atoms with E-state index < -0.39 is 0 Å². The minimum atomic E-state index is 0.644. The number of rotatable bonds is 15. The van der Waals surface area contributed by atoms with E-state index >= 15 is 0 Å². The fraction of sp³-hybridized carbons (Fsp3) is 1.00. The van der Waals surface area contributed by atoms with Gasteiger partial charge in [-0.25, -0.2) is 0 Å². The molecule has 2 radical (unpaired) electrons. The molecular weight excluding hydrogens is 244 g/mol. The summed E-state index contributed by atoms with van der Waals surface area (Å²) >= 11 is 0. The molecule has 4 heteroatoms. The summed E-state index contributed by atoms with van der Waals surface area (Å²) in [6.45, 7) is 8.07. The van der Waals surface area contributed by atoms with Crippen molar-refractivity contribution in [2.75, 3.05) is 33.0 Å². The first-order valence-electron chi connectivity index (χ1n) is 7.42. The Hall–Kier alpha value is 0.0969. The highest BCUT2D eigenvalue weighted by Crippen LogP contribution is 2.02. The van der Waals surface area contributed by atoms with Gasteiger partial charge in [0.1, 0.15) is 0 Å². The molecule has 18 heavy (non-hydrogen) atoms. The normalized spacial score (nSPS) is 11.0. The van der Waals surface area contributed by atoms with E-state index in [1.54, 1.807) is 0 Å². The topological polar surface area (TPSA) is 27.7 Å². The quantitative estimate of drug-likeness (QED) is 0.338. The fourth-order valence-electron chi connectivity index (χ4n) is 1.44. The van der Waals surface area contributed by atoms with Crippen molar-refractivity contribution >= 4 is 9.76 Å². The lowest BCUT2D eigenvalue weighted by molar-refractivity contribution is 0.0359. The van der Waals surface area contributed by atoms with Crippen LogP contribution in [0.5, 0.6) is 0 Å². The molecule has 3 nitrogen and oxygen atoms in total. The van der Waals surface area contributed by atoms with Crippen LogP contribution in [0.4, 0.5) is 0 Å². The summed E-state index contributed by atoms with van der Waals surface area (Å²) in [4.78, 5) is 0. The van der Waals surface area contributed by atoms with Crippen molar-refractivity contribution in [2.24, 2.45) is 0 Å². The summed E-state index contributed by atoms with van der Waals surface area (Å²) in [6.07, 6.45) is 7.64. The molecule has 0 unspecified atom stereocenters. The smallest absolute Gasteiger partial charge is 0.229 e. The van der Waals surface area contributed by atoms with Crippen LogP contribution in [0.25, 0.3) is 0 Å². The summed E-state index contributed by atoms with van der Waals surface area (Å²) in [7, 11) is 0.644. The third kappa shape index (κ3) is 16.1. The van der Waals surface area contributed by atoms with Gasteiger partial charge >= 0.3 is 0 Å². The first kappa shape index (κ1) is 18.1. The van der Waals surface area contributed by atoms with E-state index in [0.717, 1.165) is 19.6 Å². The van der Waals surface area contributed by atoms with Crippen molar-refractivity contribution in [1.82, 2.24) is 0 Å². The molecule has 0 aromatic carbocycles. The standard InChI is InChI=1S/C14H30O3Si/c1-3-5-7-8-14-18-17-13-12-16-11-10-15-9-6-4-2/h3-14H2,1-2H3. The molecule has 0 aromatic rings. The minimum absolute atomic E-state index is 0.644. The Kier molecular flexibility index (Phi) is 17.2. The highest BCUT2D eigenvalue weighted by Gasteiger charge is 1.94. The summed E-state index contributed by atoms with van der Waals surface area (Å²) in [6, 6.07) is 1.21. The second-order valence-electron chi connectivity index (χ2n) is 4.38. The van der Waals surface area contributed by atoms with Gasteiger partial charge in [-0.1, -0.05) is 46.0 Å². The molecule has 0 amide bonds. The number of hydrogen-bond acceptors (Lipinski definition) is 3. The summed E-state index contributed by atoms with van der Waals surface area (Å²) < 4.78 is 16.3. The van der Waals surface area contributed by atoms with Crippen LogP contribution in [-0.4, -0.2) is 42.8 Å². The SMILES string of the molecule is CCCCCC[Si]OCCOCCOCCCC. The average molecular weight is 274 g/mol. The van der Waals surface area contributed by atoms with Gasteiger partial charge in [0.05, 0.1) is 26.4 Å². The van der Waals surface area contributed by atoms with Gasteiger partial charge in [0.15, 0.2) is 0 Å². The molecule has 0 bridgehead atoms. The average Bonchev–Trinajstić information content (AvgIpc) is 2.39. The summed E-state index contributed by atoms with van der Waals surface area (Å²) in [5.74, 6) is 0. The van der Waals surface area contributed by atoms with Crippen LogP contribution in [-0.2, 0) is 13.9 Å². The molecule has 0 rings (SSSR count). The molecule has 0 aliphatic rings. The first-order valence-corrected chi connectivity index (χ1v) is 8.53. The van der Waals surface area contributed by atoms with E-state index in [-0.39, 0.29) is 0 Å². The third-order valence-electron chi connectivity index (χ3n) is 2.58. The van der Waals surface area contributed by atoms with Crippen LogP contribution in [0.3, 0.4) is 0 Å². The Balaban J connectivity index is 2.86. The lowest BCUT2D eigenvalue weighted by Crippen LogP contribution is -2.11. The molecule has 0 heterocycles. The zero-order valence-electron chi connectivity index (χ0n) is 12.2. The molecule has 0 aliphatic carbocycles. The molecule has 108 valence electrons. The Labute approximate surface area is 116 Å². The fourth-order valence-corrected chi connectivity index (χ4v) is 2.20. The molecule has 0 saturated heterocycles. The summed E-state index contributed by atoms with van der Waals surface area (Å²) in [5.41, 5.74) is 0. The van der Waals surface area contributed by atoms with E-state index in [1.165, 1.54) is 38.1 Å². The molecule has 0 saturated carbocycles. The van der Waals surface area contributed by atoms with Gasteiger partial charge in [-0.2, -0.15) is 0 Å². The van der Waals surface area contributed by atoms with Crippen molar-refractivity contribution in [3.63, 3.8) is 0 Å². The highest BCUT2D eigenvalue weighted by atomic mass is 28.2. The maximum Gasteiger partial charge on any atom is 0.229 e. The van der Waals surface area contributed by atoms with E-state index in [0.29, 0.717) is 29.6 Å². The maximum absolute atomic E-state index is 5.52. The van der Waals surface area contributed by atoms with Crippen LogP contribution in [0.15, 0.2) is 0 Å². The molecule has 0 spiro atoms. The van der Waals surface area contributed by atoms with Crippen LogP contribution < -0.4 is 0 Å². The van der Waals surface area contributed by atoms with Crippen LogP contribution in [0.1, 0.15) is 52.4 Å². The second-order valence-corrected chi connectivity index (χ2v) is 5.46. The zero-order chi connectivity index (χ0) is 13.3. The van der Waals surface area contributed by atoms with E-state index in [2.05, 4.69) is 13.8 Å². The molecule has 0 aliphatic heterocycles. The molecule has 0 fully saturated rings. The van der Waals surface area contributed by atoms with Crippen molar-refractivity contribution < 1.29 is 13.9 Å². The van der Waals surface area contributed by atoms with E-state index in [4.69, 9.17) is 13.9 Å².